The first-order valence-corrected chi connectivity index (χ1v) is 6.28. The van der Waals surface area contributed by atoms with Gasteiger partial charge in [0.2, 0.25) is 0 Å². The molecule has 0 aromatic heterocycles. The average molecular weight is 258 g/mol. The zero-order valence-electron chi connectivity index (χ0n) is 10.3. The lowest BCUT2D eigenvalue weighted by Crippen LogP contribution is -2.11. The Kier molecular flexibility index (Phi) is 4.95. The largest absolute Gasteiger partial charge is 0.463 e. The number of carbonyl (C=O) groups is 2. The molecule has 0 spiro atoms. The molecule has 0 aromatic carbocycles. The van der Waals surface area contributed by atoms with Crippen molar-refractivity contribution in [1.82, 2.24) is 0 Å². The van der Waals surface area contributed by atoms with Gasteiger partial charge in [-0.15, -0.1) is 0 Å². The van der Waals surface area contributed by atoms with Crippen molar-refractivity contribution >= 4 is 11.9 Å². The number of esters is 2. The number of hydrogen-bond donors (Lipinski definition) is 0. The second kappa shape index (κ2) is 6.70. The summed E-state index contributed by atoms with van der Waals surface area (Å²) in [6.07, 6.45) is 2.16. The normalized spacial score (nSPS) is 24.4. The van der Waals surface area contributed by atoms with Crippen LogP contribution in [0.4, 0.5) is 0 Å². The van der Waals surface area contributed by atoms with Crippen LogP contribution in [0.5, 0.6) is 0 Å². The van der Waals surface area contributed by atoms with E-state index in [1.165, 1.54) is 0 Å². The van der Waals surface area contributed by atoms with E-state index in [1.807, 2.05) is 0 Å². The van der Waals surface area contributed by atoms with Crippen molar-refractivity contribution in [3.63, 3.8) is 0 Å². The third kappa shape index (κ3) is 5.97. The summed E-state index contributed by atoms with van der Waals surface area (Å²) in [7, 11) is 0. The third-order valence-corrected chi connectivity index (χ3v) is 2.68. The van der Waals surface area contributed by atoms with Crippen LogP contribution in [0.1, 0.15) is 25.7 Å². The summed E-state index contributed by atoms with van der Waals surface area (Å²) in [5.41, 5.74) is 0. The fourth-order valence-corrected chi connectivity index (χ4v) is 1.38. The van der Waals surface area contributed by atoms with Gasteiger partial charge in [0, 0.05) is 12.8 Å². The van der Waals surface area contributed by atoms with Gasteiger partial charge >= 0.3 is 11.9 Å². The standard InChI is InChI=1S/C12H18O6/c13-11(17-7-9-5-15-9)3-1-2-4-12(14)18-8-10-6-16-10/h9-10H,1-8H2/t9-,10-/m1/s1. The van der Waals surface area contributed by atoms with Gasteiger partial charge in [-0.2, -0.15) is 0 Å². The first-order valence-electron chi connectivity index (χ1n) is 6.28. The fraction of sp³-hybridized carbons (Fsp3) is 0.833. The highest BCUT2D eigenvalue weighted by molar-refractivity contribution is 5.70. The topological polar surface area (TPSA) is 77.7 Å². The van der Waals surface area contributed by atoms with Crippen molar-refractivity contribution in [3.8, 4) is 0 Å². The van der Waals surface area contributed by atoms with E-state index in [0.29, 0.717) is 52.1 Å². The molecule has 2 aliphatic heterocycles. The number of rotatable bonds is 9. The summed E-state index contributed by atoms with van der Waals surface area (Å²) >= 11 is 0. The van der Waals surface area contributed by atoms with Gasteiger partial charge in [0.15, 0.2) is 0 Å². The molecule has 6 nitrogen and oxygen atoms in total. The Morgan fingerprint density at radius 3 is 1.61 bits per heavy atom. The second-order valence-corrected chi connectivity index (χ2v) is 4.48. The van der Waals surface area contributed by atoms with Crippen LogP contribution in [0.15, 0.2) is 0 Å². The summed E-state index contributed by atoms with van der Waals surface area (Å²) in [6.45, 7) is 2.07. The highest BCUT2D eigenvalue weighted by Crippen LogP contribution is 2.11. The molecule has 2 atom stereocenters. The SMILES string of the molecule is O=C(CCCCC(=O)OC[C@H]1CO1)OC[C@H]1CO1. The molecule has 0 N–H and O–H groups in total. The summed E-state index contributed by atoms with van der Waals surface area (Å²) in [4.78, 5) is 22.5. The molecule has 0 saturated carbocycles. The zero-order chi connectivity index (χ0) is 12.8. The molecule has 0 aromatic rings. The van der Waals surface area contributed by atoms with Gasteiger partial charge in [-0.1, -0.05) is 0 Å². The highest BCUT2D eigenvalue weighted by Gasteiger charge is 2.24. The Hall–Kier alpha value is -1.14. The summed E-state index contributed by atoms with van der Waals surface area (Å²) in [5, 5.41) is 0. The summed E-state index contributed by atoms with van der Waals surface area (Å²) < 4.78 is 19.8. The van der Waals surface area contributed by atoms with E-state index < -0.39 is 0 Å². The first kappa shape index (κ1) is 13.3. The molecule has 102 valence electrons. The molecule has 2 rings (SSSR count). The minimum absolute atomic E-state index is 0.105. The van der Waals surface area contributed by atoms with Crippen molar-refractivity contribution in [2.24, 2.45) is 0 Å². The predicted octanol–water partition coefficient (Wildman–Crippen LogP) is 0.431. The molecule has 2 heterocycles. The molecule has 0 unspecified atom stereocenters. The van der Waals surface area contributed by atoms with Crippen LogP contribution < -0.4 is 0 Å². The molecule has 2 fully saturated rings. The molecule has 2 saturated heterocycles. The van der Waals surface area contributed by atoms with Crippen molar-refractivity contribution < 1.29 is 28.5 Å². The minimum Gasteiger partial charge on any atom is -0.463 e. The molecule has 18 heavy (non-hydrogen) atoms. The minimum atomic E-state index is -0.231. The van der Waals surface area contributed by atoms with Crippen LogP contribution in [0.3, 0.4) is 0 Å². The molecule has 2 aliphatic rings. The summed E-state index contributed by atoms with van der Waals surface area (Å²) in [6, 6.07) is 0. The number of unbranched alkanes of at least 4 members (excludes halogenated alkanes) is 1. The number of carbonyl (C=O) groups excluding carboxylic acids is 2. The molecule has 0 aliphatic carbocycles. The van der Waals surface area contributed by atoms with Gasteiger partial charge in [-0.05, 0) is 12.8 Å². The van der Waals surface area contributed by atoms with E-state index in [1.54, 1.807) is 0 Å². The van der Waals surface area contributed by atoms with E-state index in [-0.39, 0.29) is 24.1 Å². The lowest BCUT2D eigenvalue weighted by molar-refractivity contribution is -0.146. The maximum atomic E-state index is 11.2. The van der Waals surface area contributed by atoms with E-state index >= 15 is 0 Å². The van der Waals surface area contributed by atoms with Gasteiger partial charge in [0.1, 0.15) is 25.4 Å². The number of epoxide rings is 2. The number of ether oxygens (including phenoxy) is 4. The molecule has 0 radical (unpaired) electrons. The Morgan fingerprint density at radius 2 is 1.28 bits per heavy atom. The molecular weight excluding hydrogens is 240 g/mol. The van der Waals surface area contributed by atoms with Gasteiger partial charge in [-0.3, -0.25) is 9.59 Å². The first-order chi connectivity index (χ1) is 8.74. The van der Waals surface area contributed by atoms with Crippen LogP contribution in [0.2, 0.25) is 0 Å². The molecule has 0 amide bonds. The Bertz CT molecular complexity index is 265. The van der Waals surface area contributed by atoms with Gasteiger partial charge in [0.05, 0.1) is 13.2 Å². The lowest BCUT2D eigenvalue weighted by Gasteiger charge is -2.03. The van der Waals surface area contributed by atoms with Crippen molar-refractivity contribution in [2.75, 3.05) is 26.4 Å². The molecular formula is C12H18O6. The van der Waals surface area contributed by atoms with E-state index in [9.17, 15) is 9.59 Å². The third-order valence-electron chi connectivity index (χ3n) is 2.68. The average Bonchev–Trinajstić information content (AvgIpc) is 3.23. The van der Waals surface area contributed by atoms with E-state index in [4.69, 9.17) is 18.9 Å². The Balaban J connectivity index is 1.39. The van der Waals surface area contributed by atoms with Crippen LogP contribution in [0, 0.1) is 0 Å². The van der Waals surface area contributed by atoms with Gasteiger partial charge < -0.3 is 18.9 Å². The zero-order valence-corrected chi connectivity index (χ0v) is 10.3. The van der Waals surface area contributed by atoms with Gasteiger partial charge in [0.25, 0.3) is 0 Å². The smallest absolute Gasteiger partial charge is 0.305 e. The van der Waals surface area contributed by atoms with E-state index in [2.05, 4.69) is 0 Å². The second-order valence-electron chi connectivity index (χ2n) is 4.48. The number of hydrogen-bond acceptors (Lipinski definition) is 6. The highest BCUT2D eigenvalue weighted by atomic mass is 16.6. The molecule has 0 bridgehead atoms. The van der Waals surface area contributed by atoms with Crippen molar-refractivity contribution in [3.05, 3.63) is 0 Å². The van der Waals surface area contributed by atoms with Crippen LogP contribution in [-0.4, -0.2) is 50.6 Å². The quantitative estimate of drug-likeness (QED) is 0.339. The fourth-order valence-electron chi connectivity index (χ4n) is 1.38. The molecule has 6 heteroatoms. The Morgan fingerprint density at radius 1 is 0.889 bits per heavy atom. The van der Waals surface area contributed by atoms with Crippen LogP contribution in [-0.2, 0) is 28.5 Å². The Labute approximate surface area is 106 Å². The van der Waals surface area contributed by atoms with Crippen molar-refractivity contribution in [2.45, 2.75) is 37.9 Å². The van der Waals surface area contributed by atoms with Crippen LogP contribution >= 0.6 is 0 Å². The van der Waals surface area contributed by atoms with Gasteiger partial charge in [-0.25, -0.2) is 0 Å². The van der Waals surface area contributed by atoms with Crippen molar-refractivity contribution in [1.29, 1.82) is 0 Å². The maximum absolute atomic E-state index is 11.2. The lowest BCUT2D eigenvalue weighted by atomic mass is 10.2. The monoisotopic (exact) mass is 258 g/mol. The summed E-state index contributed by atoms with van der Waals surface area (Å²) in [5.74, 6) is -0.463. The van der Waals surface area contributed by atoms with Crippen LogP contribution in [0.25, 0.3) is 0 Å². The van der Waals surface area contributed by atoms with E-state index in [0.717, 1.165) is 0 Å². The maximum Gasteiger partial charge on any atom is 0.305 e. The predicted molar refractivity (Wildman–Crippen MR) is 59.9 cm³/mol.